The van der Waals surface area contributed by atoms with Crippen molar-refractivity contribution < 1.29 is 34.2 Å². The smallest absolute Gasteiger partial charge is 0.542 e. The van der Waals surface area contributed by atoms with Crippen molar-refractivity contribution in [2.45, 2.75) is 6.92 Å². The van der Waals surface area contributed by atoms with Gasteiger partial charge in [-0.3, -0.25) is 11.4 Å². The van der Waals surface area contributed by atoms with Crippen LogP contribution in [0.15, 0.2) is 6.58 Å². The predicted octanol–water partition coefficient (Wildman–Crippen LogP) is -1.07. The minimum Gasteiger partial charge on any atom is -0.542 e. The normalized spacial score (nSPS) is 5.44. The van der Waals surface area contributed by atoms with Gasteiger partial charge in [-0.25, -0.2) is 0 Å². The molecule has 9 heavy (non-hydrogen) atoms. The number of carboxylic acids is 1. The summed E-state index contributed by atoms with van der Waals surface area (Å²) in [6, 6.07) is 0. The summed E-state index contributed by atoms with van der Waals surface area (Å²) in [5.74, 6) is -2.56. The number of carboxylic acid groups (broad SMARTS) is 1. The maximum atomic E-state index is 9.48. The topological polar surface area (TPSA) is 57.2 Å². The number of hydrogen-bond acceptors (Lipinski definition) is 3. The predicted molar refractivity (Wildman–Crippen MR) is 25.6 cm³/mol. The van der Waals surface area contributed by atoms with Crippen LogP contribution in [0.3, 0.4) is 0 Å². The van der Waals surface area contributed by atoms with E-state index in [9.17, 15) is 14.7 Å². The van der Waals surface area contributed by atoms with E-state index in [0.717, 1.165) is 6.92 Å². The van der Waals surface area contributed by atoms with E-state index < -0.39 is 11.8 Å². The van der Waals surface area contributed by atoms with Gasteiger partial charge < -0.3 is 16.5 Å². The minimum atomic E-state index is -1.63. The molecule has 0 aliphatic rings. The Kier molecular flexibility index (Phi) is 18.4. The fourth-order valence-electron chi connectivity index (χ4n) is 0. The Morgan fingerprint density at radius 3 is 1.56 bits per heavy atom. The van der Waals surface area contributed by atoms with Gasteiger partial charge in [-0.1, -0.05) is 0 Å². The quantitative estimate of drug-likeness (QED) is 0.293. The van der Waals surface area contributed by atoms with E-state index >= 15 is 0 Å². The Labute approximate surface area is 66.5 Å². The molecular formula is C5H6O3Zn. The molecule has 0 aliphatic heterocycles. The summed E-state index contributed by atoms with van der Waals surface area (Å²) >= 11 is 0. The van der Waals surface area contributed by atoms with Crippen LogP contribution in [0.2, 0.25) is 0 Å². The molecule has 0 N–H and O–H groups in total. The van der Waals surface area contributed by atoms with Gasteiger partial charge in [-0.15, -0.1) is 0 Å². The second kappa shape index (κ2) is 10.5. The van der Waals surface area contributed by atoms with Gasteiger partial charge in [0.2, 0.25) is 0 Å². The molecule has 0 radical (unpaired) electrons. The molecule has 0 heterocycles. The third-order valence-corrected chi connectivity index (χ3v) is 0.287. The van der Waals surface area contributed by atoms with Crippen LogP contribution in [0.4, 0.5) is 0 Å². The Balaban J connectivity index is -0.000000109. The van der Waals surface area contributed by atoms with Crippen molar-refractivity contribution in [3.8, 4) is 0 Å². The second-order valence-electron chi connectivity index (χ2n) is 0.844. The van der Waals surface area contributed by atoms with Crippen LogP contribution >= 0.6 is 0 Å². The average molecular weight is 179 g/mol. The van der Waals surface area contributed by atoms with Crippen molar-refractivity contribution in [1.29, 1.82) is 0 Å². The summed E-state index contributed by atoms with van der Waals surface area (Å²) in [7, 11) is 0. The minimum absolute atomic E-state index is 0. The monoisotopic (exact) mass is 178 g/mol. The molecule has 46 valence electrons. The number of rotatable bonds is 1. The molecule has 3 nitrogen and oxygen atoms in total. The van der Waals surface area contributed by atoms with Gasteiger partial charge in [-0.05, 0) is 0 Å². The first kappa shape index (κ1) is 15.8. The molecular weight excluding hydrogens is 173 g/mol. The summed E-state index contributed by atoms with van der Waals surface area (Å²) in [6.45, 7) is 7.94. The number of carbonyl (C=O) groups excluding carboxylic acids is 2. The number of carbonyl (C=O) groups is 2. The molecule has 0 aromatic heterocycles. The Bertz CT molecular complexity index is 88.4. The summed E-state index contributed by atoms with van der Waals surface area (Å²) in [5.41, 5.74) is 0. The molecule has 4 heteroatoms. The molecule has 0 saturated heterocycles. The largest absolute Gasteiger partial charge is 2.00 e. The maximum absolute atomic E-state index is 9.48. The first-order valence-corrected chi connectivity index (χ1v) is 1.77. The van der Waals surface area contributed by atoms with Gasteiger partial charge >= 0.3 is 19.5 Å². The number of hydrogen-bond donors (Lipinski definition) is 0. The standard InChI is InChI=1S/C3H4O3.C2H3.Zn/c1-2(4)3(5)6;1-2;/h1H3,(H,5,6);1H,2H2;/q;-1;+2/p-1. The Morgan fingerprint density at radius 1 is 1.44 bits per heavy atom. The molecule has 0 amide bonds. The van der Waals surface area contributed by atoms with E-state index in [4.69, 9.17) is 0 Å². The third kappa shape index (κ3) is 18.5. The SMILES string of the molecule is CC(=O)C(=O)[O-].[CH-]=C.[Zn+2]. The van der Waals surface area contributed by atoms with Crippen LogP contribution in [0.5, 0.6) is 0 Å². The van der Waals surface area contributed by atoms with E-state index in [-0.39, 0.29) is 19.5 Å². The van der Waals surface area contributed by atoms with Crippen LogP contribution in [-0.2, 0) is 29.1 Å². The zero-order valence-electron chi connectivity index (χ0n) is 5.22. The average Bonchev–Trinajstić information content (AvgIpc) is 1.72. The molecule has 0 atom stereocenters. The van der Waals surface area contributed by atoms with Crippen LogP contribution in [0, 0.1) is 6.58 Å². The van der Waals surface area contributed by atoms with Crippen molar-refractivity contribution in [2.75, 3.05) is 0 Å². The number of Topliss-reactive ketones (excluding diaryl/α,β-unsaturated/α-hetero) is 1. The molecule has 0 saturated carbocycles. The maximum Gasteiger partial charge on any atom is 2.00 e. The van der Waals surface area contributed by atoms with Gasteiger partial charge in [0.15, 0.2) is 5.78 Å². The van der Waals surface area contributed by atoms with Crippen molar-refractivity contribution in [2.24, 2.45) is 0 Å². The molecule has 0 aromatic carbocycles. The number of ketones is 1. The third-order valence-electron chi connectivity index (χ3n) is 0.287. The molecule has 0 aliphatic carbocycles. The Morgan fingerprint density at radius 2 is 1.56 bits per heavy atom. The molecule has 0 bridgehead atoms. The zero-order valence-corrected chi connectivity index (χ0v) is 8.18. The molecule has 0 aromatic rings. The summed E-state index contributed by atoms with van der Waals surface area (Å²) in [6.07, 6.45) is 0. The summed E-state index contributed by atoms with van der Waals surface area (Å²) in [4.78, 5) is 18.7. The molecule has 0 rings (SSSR count). The molecule has 0 unspecified atom stereocenters. The second-order valence-corrected chi connectivity index (χ2v) is 0.844. The zero-order chi connectivity index (χ0) is 7.15. The van der Waals surface area contributed by atoms with Gasteiger partial charge in [0.1, 0.15) is 5.97 Å². The van der Waals surface area contributed by atoms with Gasteiger partial charge in [0, 0.05) is 6.92 Å². The fraction of sp³-hybridized carbons (Fsp3) is 0.200. The van der Waals surface area contributed by atoms with Gasteiger partial charge in [0.25, 0.3) is 0 Å². The van der Waals surface area contributed by atoms with E-state index in [0.29, 0.717) is 0 Å². The number of aliphatic carboxylic acids is 1. The van der Waals surface area contributed by atoms with E-state index in [2.05, 4.69) is 13.2 Å². The van der Waals surface area contributed by atoms with Gasteiger partial charge in [-0.2, -0.15) is 0 Å². The van der Waals surface area contributed by atoms with Crippen molar-refractivity contribution in [3.63, 3.8) is 0 Å². The molecule has 0 fully saturated rings. The van der Waals surface area contributed by atoms with Crippen molar-refractivity contribution >= 4 is 11.8 Å². The van der Waals surface area contributed by atoms with Crippen LogP contribution < -0.4 is 5.11 Å². The van der Waals surface area contributed by atoms with E-state index in [1.54, 1.807) is 0 Å². The fourth-order valence-corrected chi connectivity index (χ4v) is 0. The van der Waals surface area contributed by atoms with Crippen molar-refractivity contribution in [3.05, 3.63) is 13.2 Å². The molecule has 0 spiro atoms. The van der Waals surface area contributed by atoms with E-state index in [1.807, 2.05) is 0 Å². The summed E-state index contributed by atoms with van der Waals surface area (Å²) < 4.78 is 0. The van der Waals surface area contributed by atoms with Crippen LogP contribution in [0.1, 0.15) is 6.92 Å². The van der Waals surface area contributed by atoms with Gasteiger partial charge in [0.05, 0.1) is 0 Å². The van der Waals surface area contributed by atoms with Crippen LogP contribution in [-0.4, -0.2) is 11.8 Å². The van der Waals surface area contributed by atoms with E-state index in [1.165, 1.54) is 0 Å². The summed E-state index contributed by atoms with van der Waals surface area (Å²) in [5, 5.41) is 9.24. The van der Waals surface area contributed by atoms with Crippen LogP contribution in [0.25, 0.3) is 0 Å². The van der Waals surface area contributed by atoms with Crippen molar-refractivity contribution in [1.82, 2.24) is 0 Å². The first-order chi connectivity index (χ1) is 3.64. The Hall–Kier alpha value is -0.497. The first-order valence-electron chi connectivity index (χ1n) is 1.77.